The summed E-state index contributed by atoms with van der Waals surface area (Å²) in [5, 5.41) is 4.60. The number of aromatic nitrogens is 2. The van der Waals surface area contributed by atoms with Crippen LogP contribution in [0, 0.1) is 0 Å². The van der Waals surface area contributed by atoms with E-state index in [-0.39, 0.29) is 18.4 Å². The van der Waals surface area contributed by atoms with Crippen molar-refractivity contribution in [2.45, 2.75) is 37.9 Å². The Bertz CT molecular complexity index is 708. The first-order valence-electron chi connectivity index (χ1n) is 7.89. The molecule has 0 spiro atoms. The van der Waals surface area contributed by atoms with Gasteiger partial charge >= 0.3 is 6.03 Å². The highest BCUT2D eigenvalue weighted by atomic mass is 32.1. The lowest BCUT2D eigenvalue weighted by Gasteiger charge is -2.25. The van der Waals surface area contributed by atoms with Crippen molar-refractivity contribution in [2.24, 2.45) is 12.8 Å². The maximum atomic E-state index is 12.9. The first kappa shape index (κ1) is 16.5. The zero-order valence-electron chi connectivity index (χ0n) is 13.5. The molecular weight excluding hydrogens is 326 g/mol. The van der Waals surface area contributed by atoms with Crippen LogP contribution in [-0.4, -0.2) is 32.4 Å². The highest BCUT2D eigenvalue weighted by Gasteiger charge is 2.34. The summed E-state index contributed by atoms with van der Waals surface area (Å²) in [5.74, 6) is 0.860. The van der Waals surface area contributed by atoms with Crippen LogP contribution in [0.4, 0.5) is 4.79 Å². The molecule has 3 N–H and O–H groups in total. The molecule has 128 valence electrons. The van der Waals surface area contributed by atoms with E-state index in [9.17, 15) is 9.59 Å². The summed E-state index contributed by atoms with van der Waals surface area (Å²) in [4.78, 5) is 31.2. The molecule has 0 saturated heterocycles. The number of hydrogen-bond acceptors (Lipinski definition) is 4. The van der Waals surface area contributed by atoms with Gasteiger partial charge in [0.2, 0.25) is 5.91 Å². The van der Waals surface area contributed by atoms with Crippen LogP contribution in [0.3, 0.4) is 0 Å². The van der Waals surface area contributed by atoms with Gasteiger partial charge in [0.1, 0.15) is 5.82 Å². The number of nitrogens with one attached hydrogen (secondary N) is 1. The molecule has 8 heteroatoms. The number of urea groups is 1. The predicted molar refractivity (Wildman–Crippen MR) is 91.2 cm³/mol. The quantitative estimate of drug-likeness (QED) is 0.799. The van der Waals surface area contributed by atoms with E-state index in [4.69, 9.17) is 5.73 Å². The van der Waals surface area contributed by atoms with Crippen LogP contribution in [0.15, 0.2) is 29.9 Å². The lowest BCUT2D eigenvalue weighted by Crippen LogP contribution is -2.39. The predicted octanol–water partition coefficient (Wildman–Crippen LogP) is 1.77. The number of thiophene rings is 1. The molecule has 2 heterocycles. The molecule has 0 aliphatic heterocycles. The fourth-order valence-corrected chi connectivity index (χ4v) is 3.46. The number of imidazole rings is 1. The Labute approximate surface area is 144 Å². The first-order chi connectivity index (χ1) is 11.5. The molecule has 1 aliphatic rings. The average Bonchev–Trinajstić information content (AvgIpc) is 3.06. The molecule has 0 unspecified atom stereocenters. The molecule has 3 rings (SSSR count). The van der Waals surface area contributed by atoms with Crippen LogP contribution in [0.5, 0.6) is 0 Å². The number of nitrogens with two attached hydrogens (primary N) is 1. The number of primary amides is 1. The van der Waals surface area contributed by atoms with Crippen LogP contribution in [-0.2, 0) is 18.4 Å². The molecule has 0 bridgehead atoms. The highest BCUT2D eigenvalue weighted by molar-refractivity contribution is 7.10. The van der Waals surface area contributed by atoms with Gasteiger partial charge in [0.25, 0.3) is 0 Å². The van der Waals surface area contributed by atoms with Crippen molar-refractivity contribution in [3.8, 4) is 0 Å². The van der Waals surface area contributed by atoms with Gasteiger partial charge in [-0.1, -0.05) is 6.07 Å². The molecule has 7 nitrogen and oxygen atoms in total. The number of amides is 3. The Morgan fingerprint density at radius 3 is 2.88 bits per heavy atom. The van der Waals surface area contributed by atoms with E-state index in [2.05, 4.69) is 10.3 Å². The lowest BCUT2D eigenvalue weighted by atomic mass is 10.1. The van der Waals surface area contributed by atoms with Crippen LogP contribution in [0.25, 0.3) is 0 Å². The normalized spacial score (nSPS) is 15.0. The van der Waals surface area contributed by atoms with Crippen molar-refractivity contribution < 1.29 is 9.59 Å². The van der Waals surface area contributed by atoms with Crippen molar-refractivity contribution in [3.63, 3.8) is 0 Å². The van der Waals surface area contributed by atoms with Crippen LogP contribution in [0.2, 0.25) is 0 Å². The highest BCUT2D eigenvalue weighted by Crippen LogP contribution is 2.31. The molecule has 2 aromatic rings. The standard InChI is InChI=1S/C16H21N5O2S/c1-20-7-6-18-14(20)10-21(11-4-5-11)15(22)9-12(19-16(17)23)13-3-2-8-24-13/h2-3,6-8,11-12H,4-5,9-10H2,1H3,(H3,17,19,23)/t12-/m1/s1. The SMILES string of the molecule is Cn1ccnc1CN(C(=O)C[C@@H](NC(N)=O)c1cccs1)C1CC1. The van der Waals surface area contributed by atoms with Crippen LogP contribution in [0.1, 0.15) is 36.0 Å². The summed E-state index contributed by atoms with van der Waals surface area (Å²) in [6.45, 7) is 0.487. The van der Waals surface area contributed by atoms with Gasteiger partial charge in [-0.05, 0) is 24.3 Å². The summed E-state index contributed by atoms with van der Waals surface area (Å²) in [5.41, 5.74) is 5.27. The fourth-order valence-electron chi connectivity index (χ4n) is 2.68. The van der Waals surface area contributed by atoms with Gasteiger partial charge in [0, 0.05) is 30.4 Å². The van der Waals surface area contributed by atoms with E-state index in [0.717, 1.165) is 23.5 Å². The van der Waals surface area contributed by atoms with E-state index < -0.39 is 12.1 Å². The van der Waals surface area contributed by atoms with E-state index in [0.29, 0.717) is 6.54 Å². The smallest absolute Gasteiger partial charge is 0.312 e. The van der Waals surface area contributed by atoms with Crippen LogP contribution < -0.4 is 11.1 Å². The Morgan fingerprint density at radius 2 is 2.33 bits per heavy atom. The van der Waals surface area contributed by atoms with Crippen LogP contribution >= 0.6 is 11.3 Å². The average molecular weight is 347 g/mol. The molecule has 1 atom stereocenters. The summed E-state index contributed by atoms with van der Waals surface area (Å²) >= 11 is 1.50. The third kappa shape index (κ3) is 3.94. The monoisotopic (exact) mass is 347 g/mol. The van der Waals surface area contributed by atoms with E-state index >= 15 is 0 Å². The third-order valence-electron chi connectivity index (χ3n) is 4.12. The largest absolute Gasteiger partial charge is 0.352 e. The van der Waals surface area contributed by atoms with Crippen molar-refractivity contribution in [3.05, 3.63) is 40.6 Å². The molecule has 0 radical (unpaired) electrons. The van der Waals surface area contributed by atoms with E-state index in [1.165, 1.54) is 11.3 Å². The number of carbonyl (C=O) groups excluding carboxylic acids is 2. The molecule has 24 heavy (non-hydrogen) atoms. The van der Waals surface area contributed by atoms with Crippen molar-refractivity contribution in [2.75, 3.05) is 0 Å². The van der Waals surface area contributed by atoms with E-state index in [1.807, 2.05) is 40.2 Å². The number of nitrogens with zero attached hydrogens (tertiary/aromatic N) is 3. The van der Waals surface area contributed by atoms with Crippen molar-refractivity contribution in [1.29, 1.82) is 0 Å². The Morgan fingerprint density at radius 1 is 1.54 bits per heavy atom. The Kier molecular flexibility index (Phi) is 4.84. The second kappa shape index (κ2) is 7.04. The zero-order valence-corrected chi connectivity index (χ0v) is 14.3. The first-order valence-corrected chi connectivity index (χ1v) is 8.77. The maximum absolute atomic E-state index is 12.9. The van der Waals surface area contributed by atoms with Gasteiger partial charge < -0.3 is 20.5 Å². The number of carbonyl (C=O) groups is 2. The Hall–Kier alpha value is -2.35. The third-order valence-corrected chi connectivity index (χ3v) is 5.11. The molecule has 3 amide bonds. The van der Waals surface area contributed by atoms with Gasteiger partial charge in [0.05, 0.1) is 19.0 Å². The zero-order chi connectivity index (χ0) is 17.1. The summed E-state index contributed by atoms with van der Waals surface area (Å²) in [6, 6.07) is 3.05. The van der Waals surface area contributed by atoms with E-state index in [1.54, 1.807) is 6.20 Å². The van der Waals surface area contributed by atoms with Gasteiger partial charge in [-0.2, -0.15) is 0 Å². The van der Waals surface area contributed by atoms with Gasteiger partial charge in [-0.15, -0.1) is 11.3 Å². The Balaban J connectivity index is 1.72. The molecule has 1 aliphatic carbocycles. The molecule has 0 aromatic carbocycles. The van der Waals surface area contributed by atoms with Gasteiger partial charge in [0.15, 0.2) is 0 Å². The van der Waals surface area contributed by atoms with Gasteiger partial charge in [-0.3, -0.25) is 4.79 Å². The maximum Gasteiger partial charge on any atom is 0.312 e. The minimum Gasteiger partial charge on any atom is -0.352 e. The second-order valence-electron chi connectivity index (χ2n) is 5.99. The second-order valence-corrected chi connectivity index (χ2v) is 6.97. The number of rotatable bonds is 7. The number of hydrogen-bond donors (Lipinski definition) is 2. The lowest BCUT2D eigenvalue weighted by molar-refractivity contribution is -0.133. The molecule has 1 fully saturated rings. The fraction of sp³-hybridized carbons (Fsp3) is 0.438. The van der Waals surface area contributed by atoms with Crippen molar-refractivity contribution in [1.82, 2.24) is 19.8 Å². The summed E-state index contributed by atoms with van der Waals surface area (Å²) in [7, 11) is 1.92. The van der Waals surface area contributed by atoms with Gasteiger partial charge in [-0.25, -0.2) is 9.78 Å². The molecule has 2 aromatic heterocycles. The minimum absolute atomic E-state index is 0.00708. The molecular formula is C16H21N5O2S. The topological polar surface area (TPSA) is 93.2 Å². The summed E-state index contributed by atoms with van der Waals surface area (Å²) < 4.78 is 1.92. The molecule has 1 saturated carbocycles. The van der Waals surface area contributed by atoms with Crippen molar-refractivity contribution >= 4 is 23.3 Å². The summed E-state index contributed by atoms with van der Waals surface area (Å²) in [6.07, 6.45) is 5.83. The number of aryl methyl sites for hydroxylation is 1. The minimum atomic E-state index is -0.622.